The van der Waals surface area contributed by atoms with E-state index in [1.165, 1.54) is 5.56 Å². The van der Waals surface area contributed by atoms with Gasteiger partial charge in [0, 0.05) is 18.8 Å². The van der Waals surface area contributed by atoms with Gasteiger partial charge in [0.1, 0.15) is 0 Å². The predicted octanol–water partition coefficient (Wildman–Crippen LogP) is 1.25. The largest absolute Gasteiger partial charge is 0.379 e. The molecule has 0 aliphatic carbocycles. The Hall–Kier alpha value is -1.51. The number of hydrogen-bond donors (Lipinski definition) is 1. The molecule has 14 heavy (non-hydrogen) atoms. The molecular formula is C11H14N2O. The molecule has 3 nitrogen and oxygen atoms in total. The normalized spacial score (nSPS) is 16.2. The third kappa shape index (κ3) is 1.87. The highest BCUT2D eigenvalue weighted by Crippen LogP contribution is 2.15. The van der Waals surface area contributed by atoms with Crippen LogP contribution < -0.4 is 5.32 Å². The van der Waals surface area contributed by atoms with Crippen LogP contribution in [0.1, 0.15) is 5.56 Å². The van der Waals surface area contributed by atoms with E-state index in [-0.39, 0.29) is 0 Å². The van der Waals surface area contributed by atoms with Crippen LogP contribution in [-0.2, 0) is 4.79 Å². The lowest BCUT2D eigenvalue weighted by molar-refractivity contribution is -0.121. The Morgan fingerprint density at radius 2 is 2.29 bits per heavy atom. The standard InChI is InChI=1S/C11H14N2O/c1-9-3-2-4-10(5-9)12-11-6-13(7-11)8-14/h2-5,8,11-12H,6-7H2,1H3. The molecule has 0 atom stereocenters. The second-order valence-electron chi connectivity index (χ2n) is 3.77. The second kappa shape index (κ2) is 3.70. The number of amides is 1. The number of aryl methyl sites for hydroxylation is 1. The number of hydrogen-bond acceptors (Lipinski definition) is 2. The zero-order valence-corrected chi connectivity index (χ0v) is 8.23. The van der Waals surface area contributed by atoms with Crippen LogP contribution in [0, 0.1) is 6.92 Å². The van der Waals surface area contributed by atoms with Crippen molar-refractivity contribution in [2.45, 2.75) is 13.0 Å². The molecule has 1 amide bonds. The fraction of sp³-hybridized carbons (Fsp3) is 0.364. The van der Waals surface area contributed by atoms with E-state index < -0.39 is 0 Å². The van der Waals surface area contributed by atoms with Gasteiger partial charge in [-0.05, 0) is 24.6 Å². The molecule has 1 aromatic carbocycles. The fourth-order valence-corrected chi connectivity index (χ4v) is 1.66. The minimum absolute atomic E-state index is 0.419. The van der Waals surface area contributed by atoms with Gasteiger partial charge >= 0.3 is 0 Å². The molecule has 0 radical (unpaired) electrons. The lowest BCUT2D eigenvalue weighted by atomic mass is 10.1. The van der Waals surface area contributed by atoms with Crippen LogP contribution in [0.3, 0.4) is 0 Å². The van der Waals surface area contributed by atoms with Crippen LogP contribution in [-0.4, -0.2) is 30.4 Å². The summed E-state index contributed by atoms with van der Waals surface area (Å²) < 4.78 is 0. The first-order chi connectivity index (χ1) is 6.78. The lowest BCUT2D eigenvalue weighted by Crippen LogP contribution is -2.53. The Kier molecular flexibility index (Phi) is 2.39. The highest BCUT2D eigenvalue weighted by molar-refractivity contribution is 5.52. The van der Waals surface area contributed by atoms with Crippen molar-refractivity contribution in [2.24, 2.45) is 0 Å². The van der Waals surface area contributed by atoms with Crippen molar-refractivity contribution in [2.75, 3.05) is 18.4 Å². The number of rotatable bonds is 3. The maximum atomic E-state index is 10.3. The van der Waals surface area contributed by atoms with Crippen LogP contribution in [0.15, 0.2) is 24.3 Å². The van der Waals surface area contributed by atoms with Gasteiger partial charge in [-0.2, -0.15) is 0 Å². The zero-order valence-electron chi connectivity index (χ0n) is 8.23. The summed E-state index contributed by atoms with van der Waals surface area (Å²) in [5.74, 6) is 0. The van der Waals surface area contributed by atoms with E-state index in [1.807, 2.05) is 6.07 Å². The molecule has 1 heterocycles. The van der Waals surface area contributed by atoms with Crippen molar-refractivity contribution in [1.82, 2.24) is 4.90 Å². The molecule has 1 aromatic rings. The summed E-state index contributed by atoms with van der Waals surface area (Å²) >= 11 is 0. The Labute approximate surface area is 83.7 Å². The molecule has 0 spiro atoms. The summed E-state index contributed by atoms with van der Waals surface area (Å²) in [5.41, 5.74) is 2.39. The topological polar surface area (TPSA) is 32.3 Å². The molecule has 1 saturated heterocycles. The van der Waals surface area contributed by atoms with Crippen molar-refractivity contribution in [1.29, 1.82) is 0 Å². The summed E-state index contributed by atoms with van der Waals surface area (Å²) in [6.07, 6.45) is 0.897. The van der Waals surface area contributed by atoms with Crippen molar-refractivity contribution in [3.8, 4) is 0 Å². The van der Waals surface area contributed by atoms with E-state index in [9.17, 15) is 4.79 Å². The predicted molar refractivity (Wildman–Crippen MR) is 56.2 cm³/mol. The smallest absolute Gasteiger partial charge is 0.209 e. The fourth-order valence-electron chi connectivity index (χ4n) is 1.66. The van der Waals surface area contributed by atoms with Gasteiger partial charge in [-0.1, -0.05) is 12.1 Å². The molecule has 74 valence electrons. The Balaban J connectivity index is 1.90. The molecule has 1 fully saturated rings. The minimum Gasteiger partial charge on any atom is -0.379 e. The number of likely N-dealkylation sites (tertiary alicyclic amines) is 1. The van der Waals surface area contributed by atoms with E-state index in [0.717, 1.165) is 25.2 Å². The number of benzene rings is 1. The Morgan fingerprint density at radius 1 is 1.50 bits per heavy atom. The van der Waals surface area contributed by atoms with Gasteiger partial charge in [0.15, 0.2) is 0 Å². The average molecular weight is 190 g/mol. The van der Waals surface area contributed by atoms with Gasteiger partial charge in [-0.25, -0.2) is 0 Å². The molecule has 3 heteroatoms. The SMILES string of the molecule is Cc1cccc(NC2CN(C=O)C2)c1. The first-order valence-electron chi connectivity index (χ1n) is 4.80. The van der Waals surface area contributed by atoms with Crippen LogP contribution in [0.25, 0.3) is 0 Å². The van der Waals surface area contributed by atoms with E-state index in [4.69, 9.17) is 0 Å². The average Bonchev–Trinajstić information content (AvgIpc) is 2.10. The van der Waals surface area contributed by atoms with E-state index in [2.05, 4.69) is 30.4 Å². The number of nitrogens with zero attached hydrogens (tertiary/aromatic N) is 1. The molecule has 0 bridgehead atoms. The van der Waals surface area contributed by atoms with Gasteiger partial charge in [0.05, 0.1) is 6.04 Å². The van der Waals surface area contributed by atoms with E-state index in [1.54, 1.807) is 4.90 Å². The van der Waals surface area contributed by atoms with Crippen molar-refractivity contribution >= 4 is 12.1 Å². The van der Waals surface area contributed by atoms with Gasteiger partial charge < -0.3 is 10.2 Å². The number of anilines is 1. The molecule has 0 saturated carbocycles. The molecule has 0 unspecified atom stereocenters. The van der Waals surface area contributed by atoms with Gasteiger partial charge in [0.25, 0.3) is 0 Å². The molecule has 1 aliphatic rings. The van der Waals surface area contributed by atoms with Crippen LogP contribution in [0.5, 0.6) is 0 Å². The molecule has 0 aromatic heterocycles. The summed E-state index contributed by atoms with van der Waals surface area (Å²) in [4.78, 5) is 12.1. The summed E-state index contributed by atoms with van der Waals surface area (Å²) in [7, 11) is 0. The third-order valence-corrected chi connectivity index (χ3v) is 2.45. The van der Waals surface area contributed by atoms with Crippen molar-refractivity contribution in [3.05, 3.63) is 29.8 Å². The van der Waals surface area contributed by atoms with Crippen LogP contribution in [0.4, 0.5) is 5.69 Å². The third-order valence-electron chi connectivity index (χ3n) is 2.45. The van der Waals surface area contributed by atoms with E-state index in [0.29, 0.717) is 6.04 Å². The minimum atomic E-state index is 0.419. The van der Waals surface area contributed by atoms with Crippen molar-refractivity contribution in [3.63, 3.8) is 0 Å². The first kappa shape index (κ1) is 9.06. The summed E-state index contributed by atoms with van der Waals surface area (Å²) in [6.45, 7) is 3.71. The molecule has 2 rings (SSSR count). The van der Waals surface area contributed by atoms with Gasteiger partial charge in [0.2, 0.25) is 6.41 Å². The molecular weight excluding hydrogens is 176 g/mol. The first-order valence-corrected chi connectivity index (χ1v) is 4.80. The maximum Gasteiger partial charge on any atom is 0.209 e. The number of nitrogens with one attached hydrogen (secondary N) is 1. The Morgan fingerprint density at radius 3 is 2.93 bits per heavy atom. The second-order valence-corrected chi connectivity index (χ2v) is 3.77. The van der Waals surface area contributed by atoms with Crippen LogP contribution >= 0.6 is 0 Å². The van der Waals surface area contributed by atoms with Gasteiger partial charge in [-0.15, -0.1) is 0 Å². The Bertz CT molecular complexity index is 332. The van der Waals surface area contributed by atoms with Crippen molar-refractivity contribution < 1.29 is 4.79 Å². The monoisotopic (exact) mass is 190 g/mol. The lowest BCUT2D eigenvalue weighted by Gasteiger charge is -2.37. The summed E-state index contributed by atoms with van der Waals surface area (Å²) in [6, 6.07) is 8.69. The van der Waals surface area contributed by atoms with Crippen LogP contribution in [0.2, 0.25) is 0 Å². The highest BCUT2D eigenvalue weighted by Gasteiger charge is 2.24. The zero-order chi connectivity index (χ0) is 9.97. The van der Waals surface area contributed by atoms with E-state index >= 15 is 0 Å². The number of carbonyl (C=O) groups is 1. The molecule has 1 aliphatic heterocycles. The number of carbonyl (C=O) groups excluding carboxylic acids is 1. The maximum absolute atomic E-state index is 10.3. The highest BCUT2D eigenvalue weighted by atomic mass is 16.1. The summed E-state index contributed by atoms with van der Waals surface area (Å²) in [5, 5.41) is 3.38. The molecule has 1 N–H and O–H groups in total. The van der Waals surface area contributed by atoms with Gasteiger partial charge in [-0.3, -0.25) is 4.79 Å². The quantitative estimate of drug-likeness (QED) is 0.727.